The first-order valence-electron chi connectivity index (χ1n) is 16.1. The first-order valence-corrected chi connectivity index (χ1v) is 17.2. The molecule has 3 N–H and O–H groups in total. The van der Waals surface area contributed by atoms with E-state index in [-0.39, 0.29) is 13.5 Å². The Kier molecular flexibility index (Phi) is 13.1. The lowest BCUT2D eigenvalue weighted by atomic mass is 9.98. The van der Waals surface area contributed by atoms with E-state index in [9.17, 15) is 0 Å². The van der Waals surface area contributed by atoms with Gasteiger partial charge < -0.3 is 25.4 Å². The fourth-order valence-corrected chi connectivity index (χ4v) is 6.93. The Balaban J connectivity index is 0.00000468. The average Bonchev–Trinajstić information content (AvgIpc) is 3.52. The van der Waals surface area contributed by atoms with Crippen molar-refractivity contribution in [3.05, 3.63) is 82.5 Å². The van der Waals surface area contributed by atoms with Crippen molar-refractivity contribution in [1.29, 1.82) is 0 Å². The third kappa shape index (κ3) is 8.62. The zero-order chi connectivity index (χ0) is 33.6. The highest BCUT2D eigenvalue weighted by atomic mass is 35.5. The summed E-state index contributed by atoms with van der Waals surface area (Å²) in [7, 11) is 3.19. The number of rotatable bonds is 14. The lowest BCUT2D eigenvalue weighted by Gasteiger charge is -2.36. The molecule has 0 saturated carbocycles. The van der Waals surface area contributed by atoms with Crippen molar-refractivity contribution in [2.75, 3.05) is 33.9 Å². The fraction of sp³-hybridized carbons (Fsp3) is 0.371. The van der Waals surface area contributed by atoms with E-state index in [1.165, 1.54) is 0 Å². The number of benzene rings is 2. The number of nitrogens with zero attached hydrogens (tertiary/aromatic N) is 5. The Labute approximate surface area is 310 Å². The van der Waals surface area contributed by atoms with Gasteiger partial charge in [0.15, 0.2) is 0 Å². The van der Waals surface area contributed by atoms with Gasteiger partial charge in [0.05, 0.1) is 48.0 Å². The molecule has 2 atom stereocenters. The summed E-state index contributed by atoms with van der Waals surface area (Å²) in [4.78, 5) is 18.9. The molecule has 0 bridgehead atoms. The summed E-state index contributed by atoms with van der Waals surface area (Å²) in [6, 6.07) is 12.4. The second-order valence-electron chi connectivity index (χ2n) is 11.9. The summed E-state index contributed by atoms with van der Waals surface area (Å²) >= 11 is 18.6. The number of ether oxygens (including phenoxy) is 2. The molecule has 2 saturated heterocycles. The summed E-state index contributed by atoms with van der Waals surface area (Å²) in [6.07, 6.45) is 7.75. The maximum Gasteiger partial charge on any atom is 0.237 e. The first kappa shape index (κ1) is 37.2. The predicted octanol–water partition coefficient (Wildman–Crippen LogP) is 6.46. The van der Waals surface area contributed by atoms with E-state index in [4.69, 9.17) is 42.6 Å². The van der Waals surface area contributed by atoms with Crippen molar-refractivity contribution in [3.63, 3.8) is 0 Å². The van der Waals surface area contributed by atoms with Crippen molar-refractivity contribution in [2.45, 2.75) is 50.9 Å². The number of aromatic nitrogens is 4. The number of allylic oxidation sites excluding steroid dienone is 1. The Morgan fingerprint density at radius 2 is 1.43 bits per heavy atom. The Hall–Kier alpha value is -3.10. The largest absolute Gasteiger partial charge is 0.480 e. The van der Waals surface area contributed by atoms with Crippen molar-refractivity contribution in [2.24, 2.45) is 0 Å². The molecule has 0 radical (unpaired) electrons. The van der Waals surface area contributed by atoms with E-state index in [1.807, 2.05) is 40.7 Å². The molecule has 1 unspecified atom stereocenters. The van der Waals surface area contributed by atoms with Gasteiger partial charge in [-0.15, -0.1) is 0 Å². The van der Waals surface area contributed by atoms with Crippen LogP contribution in [0.15, 0.2) is 61.1 Å². The molecule has 0 amide bonds. The molecule has 4 heterocycles. The molecular weight excluding hydrogens is 699 g/mol. The molecule has 2 aliphatic rings. The van der Waals surface area contributed by atoms with Crippen LogP contribution in [0.2, 0.25) is 10.0 Å². The zero-order valence-corrected chi connectivity index (χ0v) is 31.0. The van der Waals surface area contributed by atoms with Crippen LogP contribution in [0.4, 0.5) is 0 Å². The third-order valence-electron chi connectivity index (χ3n) is 8.80. The van der Waals surface area contributed by atoms with Crippen LogP contribution in [0.3, 0.4) is 0 Å². The van der Waals surface area contributed by atoms with Gasteiger partial charge in [0, 0.05) is 66.2 Å². The Morgan fingerprint density at radius 3 is 1.90 bits per heavy atom. The molecule has 14 heteroatoms. The Bertz CT molecular complexity index is 1780. The van der Waals surface area contributed by atoms with Crippen LogP contribution in [-0.4, -0.2) is 70.2 Å². The van der Waals surface area contributed by atoms with Crippen LogP contribution in [0.25, 0.3) is 33.6 Å². The summed E-state index contributed by atoms with van der Waals surface area (Å²) in [5.41, 5.74) is 6.71. The van der Waals surface area contributed by atoms with Gasteiger partial charge in [-0.3, -0.25) is 9.97 Å². The van der Waals surface area contributed by atoms with Crippen LogP contribution < -0.4 is 25.4 Å². The highest BCUT2D eigenvalue weighted by Crippen LogP contribution is 2.42. The smallest absolute Gasteiger partial charge is 0.237 e. The van der Waals surface area contributed by atoms with Gasteiger partial charge in [-0.25, -0.2) is 14.3 Å². The van der Waals surface area contributed by atoms with E-state index in [0.29, 0.717) is 63.9 Å². The van der Waals surface area contributed by atoms with Gasteiger partial charge in [0.25, 0.3) is 0 Å². The van der Waals surface area contributed by atoms with E-state index in [2.05, 4.69) is 45.3 Å². The second-order valence-corrected chi connectivity index (χ2v) is 13.2. The number of hydrogen-bond donors (Lipinski definition) is 4. The first-order chi connectivity index (χ1) is 23.4. The van der Waals surface area contributed by atoms with Gasteiger partial charge in [0.2, 0.25) is 11.8 Å². The third-order valence-corrected chi connectivity index (χ3v) is 10.1. The lowest BCUT2D eigenvalue weighted by molar-refractivity contribution is 0.217. The van der Waals surface area contributed by atoms with Crippen LogP contribution >= 0.6 is 49.5 Å². The van der Waals surface area contributed by atoms with E-state index in [0.717, 1.165) is 79.1 Å². The normalized spacial score (nSPS) is 17.3. The molecule has 0 spiro atoms. The maximum atomic E-state index is 7.07. The summed E-state index contributed by atoms with van der Waals surface area (Å²) in [6.45, 7) is 7.76. The minimum Gasteiger partial charge on any atom is -0.480 e. The molecule has 260 valence electrons. The molecular formula is C35H42Cl2N8O2S2. The standard InChI is InChI=1S/C35H40Cl2N8O2S.H2S/c1-21-10-11-22(42-21)12-14-38-17-30-34(46-2)43-28(19-40-30)26-8-4-6-24(32(26)36)25-7-5-9-27(33(25)37)29-20-41-31(35(44-29)47-3)18-39-16-23-13-15-45(23)48;/h4-9,19-20,22-23,38-39,42,48H,1,10-18H2,2-3H3;1H2/t22-,23?;/m0./s1. The molecule has 49 heavy (non-hydrogen) atoms. The summed E-state index contributed by atoms with van der Waals surface area (Å²) < 4.78 is 13.3. The summed E-state index contributed by atoms with van der Waals surface area (Å²) in [5, 5.41) is 11.3. The zero-order valence-electron chi connectivity index (χ0n) is 27.6. The second kappa shape index (κ2) is 17.2. The minimum atomic E-state index is 0. The molecule has 4 aromatic rings. The number of halogens is 2. The molecule has 2 aromatic heterocycles. The number of nitrogens with one attached hydrogen (secondary N) is 3. The topological polar surface area (TPSA) is 109 Å². The van der Waals surface area contributed by atoms with Crippen LogP contribution in [-0.2, 0) is 13.1 Å². The van der Waals surface area contributed by atoms with Gasteiger partial charge in [0.1, 0.15) is 11.4 Å². The van der Waals surface area contributed by atoms with Gasteiger partial charge >= 0.3 is 0 Å². The SMILES string of the molecule is C=C1CC[C@@H](CCNCc2ncc(-c3cccc(-c4cccc(-c5cnc(CNCC6CCN6S)c(OC)n5)c4Cl)c3Cl)nc2OC)N1.S. The predicted molar refractivity (Wildman–Crippen MR) is 205 cm³/mol. The lowest BCUT2D eigenvalue weighted by Crippen LogP contribution is -2.47. The molecule has 6 rings (SSSR count). The minimum absolute atomic E-state index is 0. The van der Waals surface area contributed by atoms with E-state index in [1.54, 1.807) is 26.6 Å². The molecule has 0 aliphatic carbocycles. The number of thiol groups is 1. The number of hydrogen-bond acceptors (Lipinski definition) is 11. The quantitative estimate of drug-likeness (QED) is 0.0850. The highest BCUT2D eigenvalue weighted by molar-refractivity contribution is 7.77. The van der Waals surface area contributed by atoms with Crippen LogP contribution in [0.1, 0.15) is 37.1 Å². The highest BCUT2D eigenvalue weighted by Gasteiger charge is 2.25. The molecule has 2 aromatic carbocycles. The van der Waals surface area contributed by atoms with Crippen molar-refractivity contribution in [3.8, 4) is 45.4 Å². The maximum absolute atomic E-state index is 7.07. The van der Waals surface area contributed by atoms with E-state index >= 15 is 0 Å². The van der Waals surface area contributed by atoms with Crippen molar-refractivity contribution in [1.82, 2.24) is 40.2 Å². The Morgan fingerprint density at radius 1 is 0.878 bits per heavy atom. The molecule has 10 nitrogen and oxygen atoms in total. The summed E-state index contributed by atoms with van der Waals surface area (Å²) in [5.74, 6) is 0.896. The fourth-order valence-electron chi connectivity index (χ4n) is 5.97. The van der Waals surface area contributed by atoms with Crippen molar-refractivity contribution < 1.29 is 9.47 Å². The van der Waals surface area contributed by atoms with Gasteiger partial charge in [-0.2, -0.15) is 13.5 Å². The molecule has 2 aliphatic heterocycles. The van der Waals surface area contributed by atoms with Crippen molar-refractivity contribution >= 4 is 49.5 Å². The van der Waals surface area contributed by atoms with E-state index < -0.39 is 0 Å². The van der Waals surface area contributed by atoms with Crippen LogP contribution in [0.5, 0.6) is 11.8 Å². The number of methoxy groups -OCH3 is 2. The van der Waals surface area contributed by atoms with Gasteiger partial charge in [-0.1, -0.05) is 79.0 Å². The van der Waals surface area contributed by atoms with Crippen LogP contribution in [0, 0.1) is 0 Å². The molecule has 2 fully saturated rings. The monoisotopic (exact) mass is 740 g/mol. The van der Waals surface area contributed by atoms with Gasteiger partial charge in [-0.05, 0) is 32.2 Å². The average molecular weight is 742 g/mol.